The smallest absolute Gasteiger partial charge is 0.312 e. The molecular formula is C34H58O7. The van der Waals surface area contributed by atoms with Crippen LogP contribution in [0.15, 0.2) is 12.3 Å². The third-order valence-corrected chi connectivity index (χ3v) is 11.0. The van der Waals surface area contributed by atoms with Gasteiger partial charge < -0.3 is 19.3 Å². The minimum atomic E-state index is -1.23. The molecule has 7 heteroatoms. The predicted octanol–water partition coefficient (Wildman–Crippen LogP) is 7.96. The number of esters is 3. The zero-order valence-corrected chi connectivity index (χ0v) is 28.2. The van der Waals surface area contributed by atoms with Crippen LogP contribution in [0.25, 0.3) is 0 Å². The number of aliphatic hydroxyl groups is 1. The van der Waals surface area contributed by atoms with Crippen LogP contribution < -0.4 is 0 Å². The number of fused-ring (bicyclic) bond motifs is 2. The summed E-state index contributed by atoms with van der Waals surface area (Å²) >= 11 is 0. The molecule has 236 valence electrons. The van der Waals surface area contributed by atoms with Crippen LogP contribution in [0.4, 0.5) is 0 Å². The lowest BCUT2D eigenvalue weighted by Gasteiger charge is -2.44. The van der Waals surface area contributed by atoms with Gasteiger partial charge in [0.05, 0.1) is 29.1 Å². The first-order valence-electron chi connectivity index (χ1n) is 15.2. The Hall–Kier alpha value is -2.05. The molecule has 7 nitrogen and oxygen atoms in total. The fourth-order valence-corrected chi connectivity index (χ4v) is 7.78. The van der Waals surface area contributed by atoms with Crippen molar-refractivity contribution in [3.63, 3.8) is 0 Å². The van der Waals surface area contributed by atoms with Crippen LogP contribution in [-0.4, -0.2) is 41.8 Å². The highest BCUT2D eigenvalue weighted by molar-refractivity contribution is 5.83. The van der Waals surface area contributed by atoms with Gasteiger partial charge in [-0.15, -0.1) is 0 Å². The van der Waals surface area contributed by atoms with E-state index >= 15 is 0 Å². The van der Waals surface area contributed by atoms with E-state index in [4.69, 9.17) is 14.2 Å². The molecule has 0 amide bonds. The van der Waals surface area contributed by atoms with Crippen LogP contribution in [0.1, 0.15) is 128 Å². The SMILES string of the molecule is C=C(O)C(C)(C)CC(C)(CC(C)(CC(C)(CC)C(=O)OC1CC2CCC1(C)C2(C)C)C(=O)OC)C(=O)OC(C)(C)C. The maximum atomic E-state index is 14.0. The minimum absolute atomic E-state index is 0.0530. The Morgan fingerprint density at radius 3 is 1.76 bits per heavy atom. The van der Waals surface area contributed by atoms with Gasteiger partial charge in [-0.2, -0.15) is 0 Å². The van der Waals surface area contributed by atoms with Crippen molar-refractivity contribution in [2.24, 2.45) is 38.4 Å². The molecular weight excluding hydrogens is 520 g/mol. The highest BCUT2D eigenvalue weighted by Gasteiger charge is 2.63. The molecule has 1 N–H and O–H groups in total. The molecule has 0 aromatic heterocycles. The highest BCUT2D eigenvalue weighted by atomic mass is 16.6. The molecule has 2 rings (SSSR count). The van der Waals surface area contributed by atoms with Gasteiger partial charge >= 0.3 is 17.9 Å². The molecule has 2 aliphatic carbocycles. The quantitative estimate of drug-likeness (QED) is 0.142. The summed E-state index contributed by atoms with van der Waals surface area (Å²) in [5.74, 6) is -0.831. The lowest BCUT2D eigenvalue weighted by atomic mass is 9.61. The molecule has 0 aromatic rings. The molecule has 6 atom stereocenters. The van der Waals surface area contributed by atoms with Crippen molar-refractivity contribution in [1.82, 2.24) is 0 Å². The van der Waals surface area contributed by atoms with Crippen LogP contribution in [0.3, 0.4) is 0 Å². The second-order valence-electron chi connectivity index (χ2n) is 16.4. The van der Waals surface area contributed by atoms with Gasteiger partial charge in [0.1, 0.15) is 11.7 Å². The summed E-state index contributed by atoms with van der Waals surface area (Å²) in [7, 11) is 1.32. The van der Waals surface area contributed by atoms with Crippen molar-refractivity contribution in [2.45, 2.75) is 140 Å². The topological polar surface area (TPSA) is 99.1 Å². The average molecular weight is 579 g/mol. The van der Waals surface area contributed by atoms with Crippen LogP contribution in [0, 0.1) is 38.4 Å². The molecule has 2 fully saturated rings. The fraction of sp³-hybridized carbons (Fsp3) is 0.853. The van der Waals surface area contributed by atoms with Gasteiger partial charge in [0.15, 0.2) is 0 Å². The van der Waals surface area contributed by atoms with Crippen molar-refractivity contribution in [2.75, 3.05) is 7.11 Å². The molecule has 0 spiro atoms. The number of hydrogen-bond donors (Lipinski definition) is 1. The van der Waals surface area contributed by atoms with E-state index in [1.165, 1.54) is 7.11 Å². The lowest BCUT2D eigenvalue weighted by molar-refractivity contribution is -0.178. The van der Waals surface area contributed by atoms with E-state index in [1.807, 2.05) is 13.8 Å². The maximum Gasteiger partial charge on any atom is 0.312 e. The van der Waals surface area contributed by atoms with E-state index in [9.17, 15) is 19.5 Å². The number of rotatable bonds is 12. The average Bonchev–Trinajstić information content (AvgIpc) is 3.15. The molecule has 0 heterocycles. The molecule has 2 saturated carbocycles. The van der Waals surface area contributed by atoms with E-state index in [0.717, 1.165) is 19.3 Å². The zero-order valence-electron chi connectivity index (χ0n) is 28.2. The fourth-order valence-electron chi connectivity index (χ4n) is 7.78. The Morgan fingerprint density at radius 2 is 1.37 bits per heavy atom. The second-order valence-corrected chi connectivity index (χ2v) is 16.4. The summed E-state index contributed by atoms with van der Waals surface area (Å²) in [6.07, 6.45) is 3.71. The Kier molecular flexibility index (Phi) is 9.62. The molecule has 0 aromatic carbocycles. The molecule has 2 bridgehead atoms. The molecule has 0 saturated heterocycles. The van der Waals surface area contributed by atoms with Crippen molar-refractivity contribution in [3.8, 4) is 0 Å². The molecule has 2 aliphatic rings. The van der Waals surface area contributed by atoms with Crippen LogP contribution in [-0.2, 0) is 28.6 Å². The number of hydrogen-bond acceptors (Lipinski definition) is 7. The van der Waals surface area contributed by atoms with Crippen molar-refractivity contribution >= 4 is 17.9 Å². The normalized spacial score (nSPS) is 28.1. The molecule has 0 aliphatic heterocycles. The third kappa shape index (κ3) is 6.80. The Labute approximate surface area is 249 Å². The Bertz CT molecular complexity index is 1040. The summed E-state index contributed by atoms with van der Waals surface area (Å²) in [6.45, 7) is 26.8. The van der Waals surface area contributed by atoms with Crippen LogP contribution in [0.5, 0.6) is 0 Å². The Balaban J connectivity index is 2.46. The van der Waals surface area contributed by atoms with Gasteiger partial charge in [0, 0.05) is 10.8 Å². The van der Waals surface area contributed by atoms with Crippen LogP contribution >= 0.6 is 0 Å². The number of aliphatic hydroxyl groups excluding tert-OH is 1. The van der Waals surface area contributed by atoms with E-state index < -0.39 is 39.2 Å². The van der Waals surface area contributed by atoms with Crippen LogP contribution in [0.2, 0.25) is 0 Å². The number of allylic oxidation sites excluding steroid dienone is 1. The van der Waals surface area contributed by atoms with E-state index in [2.05, 4.69) is 27.4 Å². The summed E-state index contributed by atoms with van der Waals surface area (Å²) in [5, 5.41) is 10.3. The van der Waals surface area contributed by atoms with Gasteiger partial charge in [0.25, 0.3) is 0 Å². The van der Waals surface area contributed by atoms with Crippen molar-refractivity contribution in [3.05, 3.63) is 12.3 Å². The van der Waals surface area contributed by atoms with Gasteiger partial charge in [-0.1, -0.05) is 48.1 Å². The predicted molar refractivity (Wildman–Crippen MR) is 161 cm³/mol. The number of ether oxygens (including phenoxy) is 3. The summed E-state index contributed by atoms with van der Waals surface area (Å²) < 4.78 is 17.5. The summed E-state index contributed by atoms with van der Waals surface area (Å²) in [4.78, 5) is 41.3. The zero-order chi connectivity index (χ0) is 32.0. The minimum Gasteiger partial charge on any atom is -0.512 e. The first kappa shape index (κ1) is 35.1. The Morgan fingerprint density at radius 1 is 0.854 bits per heavy atom. The number of methoxy groups -OCH3 is 1. The first-order valence-corrected chi connectivity index (χ1v) is 15.2. The largest absolute Gasteiger partial charge is 0.512 e. The van der Waals surface area contributed by atoms with Gasteiger partial charge in [0.2, 0.25) is 0 Å². The monoisotopic (exact) mass is 578 g/mol. The first-order chi connectivity index (χ1) is 18.3. The number of carbonyl (C=O) groups excluding carboxylic acids is 3. The second kappa shape index (κ2) is 11.2. The summed E-state index contributed by atoms with van der Waals surface area (Å²) in [5.41, 5.74) is -5.00. The van der Waals surface area contributed by atoms with E-state index in [0.29, 0.717) is 12.3 Å². The maximum absolute atomic E-state index is 14.0. The molecule has 41 heavy (non-hydrogen) atoms. The summed E-state index contributed by atoms with van der Waals surface area (Å²) in [6, 6.07) is 0. The van der Waals surface area contributed by atoms with Crippen molar-refractivity contribution < 1.29 is 33.7 Å². The highest BCUT2D eigenvalue weighted by Crippen LogP contribution is 2.66. The molecule has 6 unspecified atom stereocenters. The lowest BCUT2D eigenvalue weighted by Crippen LogP contribution is -2.48. The standard InChI is InChI=1S/C34H58O7/c1-15-31(10,26(37)40-24-18-23-16-17-34(24,13)30(23,8)9)20-33(12,25(36)39-14)21-32(11,19-29(6,7)22(2)35)27(38)41-28(3,4)5/h23-24,35H,2,15-21H2,1,3-14H3. The van der Waals surface area contributed by atoms with E-state index in [1.54, 1.807) is 48.5 Å². The third-order valence-electron chi connectivity index (χ3n) is 11.0. The van der Waals surface area contributed by atoms with E-state index in [-0.39, 0.29) is 47.9 Å². The van der Waals surface area contributed by atoms with Gasteiger partial charge in [-0.3, -0.25) is 14.4 Å². The van der Waals surface area contributed by atoms with Gasteiger partial charge in [-0.25, -0.2) is 0 Å². The molecule has 0 radical (unpaired) electrons. The number of carbonyl (C=O) groups is 3. The van der Waals surface area contributed by atoms with Crippen molar-refractivity contribution in [1.29, 1.82) is 0 Å². The van der Waals surface area contributed by atoms with Gasteiger partial charge in [-0.05, 0) is 97.8 Å².